The molecule has 1 aromatic rings. The van der Waals surface area contributed by atoms with Gasteiger partial charge in [-0.15, -0.1) is 0 Å². The predicted octanol–water partition coefficient (Wildman–Crippen LogP) is 7.62. The lowest BCUT2D eigenvalue weighted by atomic mass is 9.84. The molecule has 0 unspecified atom stereocenters. The minimum Gasteiger partial charge on any atom is -0.454 e. The van der Waals surface area contributed by atoms with Gasteiger partial charge in [0.15, 0.2) is 0 Å². The maximum atomic E-state index is 12.6. The van der Waals surface area contributed by atoms with Crippen LogP contribution in [0.2, 0.25) is 0 Å². The summed E-state index contributed by atoms with van der Waals surface area (Å²) in [5, 5.41) is 3.38. The molecule has 0 atom stereocenters. The molecule has 1 heterocycles. The summed E-state index contributed by atoms with van der Waals surface area (Å²) in [5.41, 5.74) is 2.08. The fourth-order valence-corrected chi connectivity index (χ4v) is 4.40. The predicted molar refractivity (Wildman–Crippen MR) is 136 cm³/mol. The molecule has 0 aliphatic carbocycles. The van der Waals surface area contributed by atoms with Gasteiger partial charge in [-0.1, -0.05) is 99.6 Å². The zero-order chi connectivity index (χ0) is 22.9. The molecule has 3 nitrogen and oxygen atoms in total. The lowest BCUT2D eigenvalue weighted by Crippen LogP contribution is -2.43. The average molecular weight is 440 g/mol. The molecule has 0 bridgehead atoms. The van der Waals surface area contributed by atoms with Crippen molar-refractivity contribution in [3.05, 3.63) is 59.7 Å². The lowest BCUT2D eigenvalue weighted by molar-refractivity contribution is -0.164. The number of unbranched alkanes of at least 4 members (excludes halogenated alkanes) is 8. The van der Waals surface area contributed by atoms with Gasteiger partial charge in [-0.25, -0.2) is 0 Å². The highest BCUT2D eigenvalue weighted by atomic mass is 16.6. The van der Waals surface area contributed by atoms with Crippen molar-refractivity contribution in [2.24, 2.45) is 0 Å². The number of carbonyl (C=O) groups excluding carboxylic acids is 1. The van der Waals surface area contributed by atoms with Gasteiger partial charge in [0, 0.05) is 19.3 Å². The third kappa shape index (κ3) is 10.2. The number of rotatable bonds is 15. The Kier molecular flexibility index (Phi) is 13.1. The first-order valence-electron chi connectivity index (χ1n) is 13.0. The van der Waals surface area contributed by atoms with Crippen molar-refractivity contribution in [2.75, 3.05) is 13.1 Å². The van der Waals surface area contributed by atoms with Crippen LogP contribution in [-0.4, -0.2) is 19.1 Å². The standard InChI is InChI=1S/C29H45NO2/c1-3-4-12-17-26(2)18-13-9-7-5-6-8-10-16-21-28(31)32-29(22-24-30-25-23-29)27-19-14-11-15-20-27/h11,13-15,17-20,30H,3-10,12,16,21-25H2,1-2H3/b18-13-,26-17+. The van der Waals surface area contributed by atoms with Gasteiger partial charge in [-0.2, -0.15) is 0 Å². The van der Waals surface area contributed by atoms with Crippen LogP contribution in [0, 0.1) is 0 Å². The van der Waals surface area contributed by atoms with Crippen LogP contribution < -0.4 is 5.32 Å². The maximum absolute atomic E-state index is 12.6. The zero-order valence-electron chi connectivity index (χ0n) is 20.5. The van der Waals surface area contributed by atoms with Gasteiger partial charge in [0.25, 0.3) is 0 Å². The SMILES string of the molecule is CCCC/C=C(C)/C=C\CCCCCCCCC(=O)OC1(c2ccccc2)CCNCC1. The smallest absolute Gasteiger partial charge is 0.306 e. The van der Waals surface area contributed by atoms with Crippen molar-refractivity contribution in [1.29, 1.82) is 0 Å². The number of ether oxygens (including phenoxy) is 1. The van der Waals surface area contributed by atoms with Crippen molar-refractivity contribution in [3.63, 3.8) is 0 Å². The van der Waals surface area contributed by atoms with Gasteiger partial charge in [0.1, 0.15) is 5.60 Å². The Morgan fingerprint density at radius 3 is 2.38 bits per heavy atom. The second-order valence-electron chi connectivity index (χ2n) is 9.24. The van der Waals surface area contributed by atoms with E-state index in [9.17, 15) is 4.79 Å². The van der Waals surface area contributed by atoms with Crippen molar-refractivity contribution >= 4 is 5.97 Å². The molecule has 0 saturated carbocycles. The summed E-state index contributed by atoms with van der Waals surface area (Å²) < 4.78 is 6.10. The molecule has 178 valence electrons. The van der Waals surface area contributed by atoms with Crippen LogP contribution in [0.1, 0.15) is 103 Å². The number of hydrogen-bond acceptors (Lipinski definition) is 3. The van der Waals surface area contributed by atoms with Crippen molar-refractivity contribution in [1.82, 2.24) is 5.32 Å². The number of piperidine rings is 1. The summed E-state index contributed by atoms with van der Waals surface area (Å²) >= 11 is 0. The number of nitrogens with one attached hydrogen (secondary N) is 1. The molecular formula is C29H45NO2. The van der Waals surface area contributed by atoms with E-state index in [1.54, 1.807) is 0 Å². The van der Waals surface area contributed by atoms with Gasteiger partial charge >= 0.3 is 5.97 Å². The lowest BCUT2D eigenvalue weighted by Gasteiger charge is -2.37. The van der Waals surface area contributed by atoms with E-state index in [2.05, 4.69) is 49.5 Å². The topological polar surface area (TPSA) is 38.3 Å². The number of benzene rings is 1. The van der Waals surface area contributed by atoms with Crippen LogP contribution in [0.5, 0.6) is 0 Å². The van der Waals surface area contributed by atoms with Crippen LogP contribution in [0.4, 0.5) is 0 Å². The molecule has 3 heteroatoms. The van der Waals surface area contributed by atoms with E-state index in [1.807, 2.05) is 18.2 Å². The monoisotopic (exact) mass is 439 g/mol. The molecule has 1 aliphatic rings. The molecule has 0 radical (unpaired) electrons. The van der Waals surface area contributed by atoms with Crippen molar-refractivity contribution in [2.45, 2.75) is 103 Å². The summed E-state index contributed by atoms with van der Waals surface area (Å²) in [7, 11) is 0. The fourth-order valence-electron chi connectivity index (χ4n) is 4.40. The third-order valence-corrected chi connectivity index (χ3v) is 6.43. The van der Waals surface area contributed by atoms with E-state index >= 15 is 0 Å². The molecule has 0 amide bonds. The van der Waals surface area contributed by atoms with Crippen molar-refractivity contribution in [3.8, 4) is 0 Å². The summed E-state index contributed by atoms with van der Waals surface area (Å²) in [4.78, 5) is 12.6. The van der Waals surface area contributed by atoms with Gasteiger partial charge in [0.05, 0.1) is 0 Å². The quantitative estimate of drug-likeness (QED) is 0.173. The molecule has 0 aromatic heterocycles. The number of carbonyl (C=O) groups is 1. The Hall–Kier alpha value is -1.87. The first-order valence-corrected chi connectivity index (χ1v) is 13.0. The van der Waals surface area contributed by atoms with Crippen LogP contribution in [0.3, 0.4) is 0 Å². The Labute approximate surface area is 196 Å². The molecule has 0 spiro atoms. The first kappa shape index (κ1) is 26.4. The Balaban J connectivity index is 1.56. The van der Waals surface area contributed by atoms with Gasteiger partial charge < -0.3 is 10.1 Å². The summed E-state index contributed by atoms with van der Waals surface area (Å²) in [6, 6.07) is 10.3. The summed E-state index contributed by atoms with van der Waals surface area (Å²) in [6.07, 6.45) is 21.1. The molecule has 32 heavy (non-hydrogen) atoms. The van der Waals surface area contributed by atoms with E-state index in [1.165, 1.54) is 56.9 Å². The van der Waals surface area contributed by atoms with Gasteiger partial charge in [-0.05, 0) is 51.3 Å². The maximum Gasteiger partial charge on any atom is 0.306 e. The average Bonchev–Trinajstić information content (AvgIpc) is 2.81. The highest BCUT2D eigenvalue weighted by Gasteiger charge is 2.37. The van der Waals surface area contributed by atoms with Crippen LogP contribution in [-0.2, 0) is 15.1 Å². The zero-order valence-corrected chi connectivity index (χ0v) is 20.5. The van der Waals surface area contributed by atoms with E-state index in [-0.39, 0.29) is 5.97 Å². The largest absolute Gasteiger partial charge is 0.454 e. The van der Waals surface area contributed by atoms with E-state index < -0.39 is 5.60 Å². The highest BCUT2D eigenvalue weighted by Crippen LogP contribution is 2.35. The second kappa shape index (κ2) is 15.9. The number of allylic oxidation sites excluding steroid dienone is 4. The second-order valence-corrected chi connectivity index (χ2v) is 9.24. The molecular weight excluding hydrogens is 394 g/mol. The molecule has 1 fully saturated rings. The highest BCUT2D eigenvalue weighted by molar-refractivity contribution is 5.70. The molecule has 1 aliphatic heterocycles. The molecule has 1 saturated heterocycles. The normalized spacial score (nSPS) is 16.4. The van der Waals surface area contributed by atoms with Gasteiger partial charge in [-0.3, -0.25) is 4.79 Å². The molecule has 1 aromatic carbocycles. The number of hydrogen-bond donors (Lipinski definition) is 1. The first-order chi connectivity index (χ1) is 15.7. The van der Waals surface area contributed by atoms with E-state index in [0.29, 0.717) is 6.42 Å². The minimum absolute atomic E-state index is 0.0387. The molecule has 2 rings (SSSR count). The van der Waals surface area contributed by atoms with Crippen LogP contribution in [0.15, 0.2) is 54.1 Å². The minimum atomic E-state index is -0.444. The Morgan fingerprint density at radius 1 is 0.969 bits per heavy atom. The third-order valence-electron chi connectivity index (χ3n) is 6.43. The summed E-state index contributed by atoms with van der Waals surface area (Å²) in [6.45, 7) is 6.23. The molecule has 1 N–H and O–H groups in total. The van der Waals surface area contributed by atoms with Crippen LogP contribution in [0.25, 0.3) is 0 Å². The van der Waals surface area contributed by atoms with Crippen LogP contribution >= 0.6 is 0 Å². The van der Waals surface area contributed by atoms with E-state index in [0.717, 1.165) is 44.3 Å². The van der Waals surface area contributed by atoms with E-state index in [4.69, 9.17) is 4.74 Å². The number of esters is 1. The van der Waals surface area contributed by atoms with Gasteiger partial charge in [0.2, 0.25) is 0 Å². The van der Waals surface area contributed by atoms with Crippen molar-refractivity contribution < 1.29 is 9.53 Å². The Bertz CT molecular complexity index is 686. The fraction of sp³-hybridized carbons (Fsp3) is 0.621. The Morgan fingerprint density at radius 2 is 1.66 bits per heavy atom. The summed E-state index contributed by atoms with van der Waals surface area (Å²) in [5.74, 6) is -0.0387.